The van der Waals surface area contributed by atoms with E-state index in [0.717, 1.165) is 23.6 Å². The molecule has 0 aliphatic carbocycles. The maximum Gasteiger partial charge on any atom is 0.273 e. The maximum absolute atomic E-state index is 12.7. The van der Waals surface area contributed by atoms with Crippen molar-refractivity contribution in [3.8, 4) is 17.2 Å². The smallest absolute Gasteiger partial charge is 0.273 e. The van der Waals surface area contributed by atoms with Gasteiger partial charge in [0.2, 0.25) is 0 Å². The fourth-order valence-corrected chi connectivity index (χ4v) is 3.07. The second-order valence-corrected chi connectivity index (χ2v) is 6.88. The van der Waals surface area contributed by atoms with Crippen LogP contribution in [0.4, 0.5) is 0 Å². The number of benzene rings is 3. The van der Waals surface area contributed by atoms with Gasteiger partial charge in [0.1, 0.15) is 5.75 Å². The minimum Gasteiger partial charge on any atom is -0.496 e. The van der Waals surface area contributed by atoms with Gasteiger partial charge in [0.15, 0.2) is 11.5 Å². The lowest BCUT2D eigenvalue weighted by Gasteiger charge is -2.13. The van der Waals surface area contributed by atoms with Crippen LogP contribution in [0.5, 0.6) is 17.2 Å². The van der Waals surface area contributed by atoms with Gasteiger partial charge in [-0.25, -0.2) is 0 Å². The summed E-state index contributed by atoms with van der Waals surface area (Å²) in [4.78, 5) is 25.2. The van der Waals surface area contributed by atoms with Gasteiger partial charge >= 0.3 is 0 Å². The van der Waals surface area contributed by atoms with Crippen molar-refractivity contribution in [1.29, 1.82) is 0 Å². The largest absolute Gasteiger partial charge is 0.496 e. The van der Waals surface area contributed by atoms with Gasteiger partial charge in [0.25, 0.3) is 11.8 Å². The first-order valence-electron chi connectivity index (χ1n) is 10.1. The molecule has 31 heavy (non-hydrogen) atoms. The number of hydrogen-bond acceptors (Lipinski definition) is 5. The monoisotopic (exact) mass is 422 g/mol. The Morgan fingerprint density at radius 3 is 2.16 bits per heavy atom. The van der Waals surface area contributed by atoms with E-state index in [1.54, 1.807) is 30.3 Å². The highest BCUT2D eigenvalue weighted by Gasteiger charge is 2.16. The number of carbonyl (C=O) groups is 2. The average Bonchev–Trinajstić information content (AvgIpc) is 2.81. The molecule has 0 unspecified atom stereocenters. The summed E-state index contributed by atoms with van der Waals surface area (Å²) in [7, 11) is 3.01. The van der Waals surface area contributed by atoms with Crippen LogP contribution < -0.4 is 25.1 Å². The molecule has 0 aliphatic heterocycles. The summed E-state index contributed by atoms with van der Waals surface area (Å²) in [5, 5.41) is 1.84. The fraction of sp³-hybridized carbons (Fsp3) is 0.250. The van der Waals surface area contributed by atoms with Gasteiger partial charge in [0.05, 0.1) is 26.4 Å². The second-order valence-electron chi connectivity index (χ2n) is 6.88. The molecular formula is C24H26N2O5. The average molecular weight is 422 g/mol. The molecule has 0 heterocycles. The van der Waals surface area contributed by atoms with Gasteiger partial charge in [-0.15, -0.1) is 0 Å². The number of nitrogens with one attached hydrogen (secondary N) is 2. The molecule has 0 saturated carbocycles. The molecule has 0 saturated heterocycles. The zero-order valence-electron chi connectivity index (χ0n) is 17.9. The van der Waals surface area contributed by atoms with Crippen molar-refractivity contribution in [3.63, 3.8) is 0 Å². The highest BCUT2D eigenvalue weighted by atomic mass is 16.5. The lowest BCUT2D eigenvalue weighted by atomic mass is 10.1. The lowest BCUT2D eigenvalue weighted by Crippen LogP contribution is -2.41. The standard InChI is InChI=1S/C24H26N2O5/c1-4-5-12-31-20-11-10-18(15-22(20)30-3)23(27)25-26-24(28)19-13-16-8-6-7-9-17(16)14-21(19)29-2/h6-11,13-15H,4-5,12H2,1-3H3,(H,25,27)(H,26,28). The third-order valence-electron chi connectivity index (χ3n) is 4.78. The summed E-state index contributed by atoms with van der Waals surface area (Å²) in [5.41, 5.74) is 5.51. The van der Waals surface area contributed by atoms with Crippen LogP contribution in [0.3, 0.4) is 0 Å². The summed E-state index contributed by atoms with van der Waals surface area (Å²) < 4.78 is 16.3. The van der Waals surface area contributed by atoms with E-state index in [1.165, 1.54) is 14.2 Å². The number of fused-ring (bicyclic) bond motifs is 1. The van der Waals surface area contributed by atoms with Gasteiger partial charge in [0, 0.05) is 5.56 Å². The quantitative estimate of drug-likeness (QED) is 0.421. The van der Waals surface area contributed by atoms with Gasteiger partial charge < -0.3 is 14.2 Å². The topological polar surface area (TPSA) is 85.9 Å². The molecule has 3 rings (SSSR count). The first kappa shape index (κ1) is 22.0. The number of rotatable bonds is 8. The van der Waals surface area contributed by atoms with Crippen LogP contribution in [0.1, 0.15) is 40.5 Å². The van der Waals surface area contributed by atoms with E-state index in [9.17, 15) is 9.59 Å². The summed E-state index contributed by atoms with van der Waals surface area (Å²) >= 11 is 0. The van der Waals surface area contributed by atoms with Gasteiger partial charge in [-0.1, -0.05) is 37.6 Å². The molecule has 0 aliphatic rings. The van der Waals surface area contributed by atoms with Crippen molar-refractivity contribution in [3.05, 3.63) is 65.7 Å². The Morgan fingerprint density at radius 2 is 1.48 bits per heavy atom. The SMILES string of the molecule is CCCCOc1ccc(C(=O)NNC(=O)c2cc3ccccc3cc2OC)cc1OC. The molecule has 0 spiro atoms. The first-order chi connectivity index (χ1) is 15.1. The normalized spacial score (nSPS) is 10.4. The number of amides is 2. The van der Waals surface area contributed by atoms with E-state index >= 15 is 0 Å². The molecule has 2 N–H and O–H groups in total. The van der Waals surface area contributed by atoms with Crippen LogP contribution in [0.2, 0.25) is 0 Å². The van der Waals surface area contributed by atoms with Crippen LogP contribution in [-0.4, -0.2) is 32.6 Å². The maximum atomic E-state index is 12.7. The van der Waals surface area contributed by atoms with Crippen LogP contribution in [0.15, 0.2) is 54.6 Å². The van der Waals surface area contributed by atoms with Crippen LogP contribution in [0, 0.1) is 0 Å². The zero-order chi connectivity index (χ0) is 22.2. The van der Waals surface area contributed by atoms with Crippen molar-refractivity contribution >= 4 is 22.6 Å². The second kappa shape index (κ2) is 10.3. The van der Waals surface area contributed by atoms with Crippen molar-refractivity contribution < 1.29 is 23.8 Å². The van der Waals surface area contributed by atoms with E-state index in [0.29, 0.717) is 35.0 Å². The number of ether oxygens (including phenoxy) is 3. The van der Waals surface area contributed by atoms with E-state index < -0.39 is 11.8 Å². The predicted molar refractivity (Wildman–Crippen MR) is 119 cm³/mol. The number of hydrogen-bond donors (Lipinski definition) is 2. The third-order valence-corrected chi connectivity index (χ3v) is 4.78. The highest BCUT2D eigenvalue weighted by molar-refractivity contribution is 6.03. The molecule has 0 fully saturated rings. The number of carbonyl (C=O) groups excluding carboxylic acids is 2. The van der Waals surface area contributed by atoms with Gasteiger partial charge in [-0.3, -0.25) is 20.4 Å². The minimum absolute atomic E-state index is 0.318. The van der Waals surface area contributed by atoms with E-state index in [2.05, 4.69) is 17.8 Å². The lowest BCUT2D eigenvalue weighted by molar-refractivity contribution is 0.0845. The van der Waals surface area contributed by atoms with Crippen LogP contribution >= 0.6 is 0 Å². The summed E-state index contributed by atoms with van der Waals surface area (Å²) in [6.07, 6.45) is 1.94. The van der Waals surface area contributed by atoms with Crippen LogP contribution in [-0.2, 0) is 0 Å². The van der Waals surface area contributed by atoms with Crippen molar-refractivity contribution in [2.24, 2.45) is 0 Å². The molecule has 2 amide bonds. The molecule has 0 radical (unpaired) electrons. The number of unbranched alkanes of at least 4 members (excludes halogenated alkanes) is 1. The predicted octanol–water partition coefficient (Wildman–Crippen LogP) is 4.11. The Morgan fingerprint density at radius 1 is 0.806 bits per heavy atom. The van der Waals surface area contributed by atoms with E-state index in [-0.39, 0.29) is 0 Å². The Labute approximate surface area is 181 Å². The van der Waals surface area contributed by atoms with Crippen molar-refractivity contribution in [2.75, 3.05) is 20.8 Å². The van der Waals surface area contributed by atoms with Gasteiger partial charge in [-0.2, -0.15) is 0 Å². The first-order valence-corrected chi connectivity index (χ1v) is 10.1. The summed E-state index contributed by atoms with van der Waals surface area (Å²) in [6, 6.07) is 16.0. The van der Waals surface area contributed by atoms with E-state index in [1.807, 2.05) is 24.3 Å². The Hall–Kier alpha value is -3.74. The Kier molecular flexibility index (Phi) is 7.32. The molecule has 0 aromatic heterocycles. The van der Waals surface area contributed by atoms with Crippen molar-refractivity contribution in [2.45, 2.75) is 19.8 Å². The molecule has 0 atom stereocenters. The minimum atomic E-state index is -0.484. The number of hydrazine groups is 1. The van der Waals surface area contributed by atoms with Crippen LogP contribution in [0.25, 0.3) is 10.8 Å². The third kappa shape index (κ3) is 5.25. The fourth-order valence-electron chi connectivity index (χ4n) is 3.07. The zero-order valence-corrected chi connectivity index (χ0v) is 17.9. The molecule has 3 aromatic rings. The molecule has 7 heteroatoms. The molecule has 0 bridgehead atoms. The summed E-state index contributed by atoms with van der Waals surface area (Å²) in [6.45, 7) is 2.65. The highest BCUT2D eigenvalue weighted by Crippen LogP contribution is 2.28. The molecule has 7 nitrogen and oxygen atoms in total. The number of methoxy groups -OCH3 is 2. The molecular weight excluding hydrogens is 396 g/mol. The summed E-state index contributed by atoms with van der Waals surface area (Å²) in [5.74, 6) is 0.471. The molecule has 162 valence electrons. The molecule has 3 aromatic carbocycles. The Balaban J connectivity index is 1.70. The van der Waals surface area contributed by atoms with E-state index in [4.69, 9.17) is 14.2 Å². The van der Waals surface area contributed by atoms with Crippen molar-refractivity contribution in [1.82, 2.24) is 10.9 Å². The Bertz CT molecular complexity index is 1080. The van der Waals surface area contributed by atoms with Gasteiger partial charge in [-0.05, 0) is 47.5 Å².